The fraction of sp³-hybridized carbons (Fsp3) is 0.0769. The first kappa shape index (κ1) is 18.9. The predicted octanol–water partition coefficient (Wildman–Crippen LogP) is 5.35. The number of aromatic amines is 1. The number of ether oxygens (including phenoxy) is 1. The largest absolute Gasteiger partial charge is 0.497 e. The zero-order valence-corrected chi connectivity index (χ0v) is 17.3. The van der Waals surface area contributed by atoms with Gasteiger partial charge >= 0.3 is 0 Å². The van der Waals surface area contributed by atoms with Crippen LogP contribution in [0.15, 0.2) is 77.7 Å². The third-order valence-corrected chi connectivity index (χ3v) is 5.49. The van der Waals surface area contributed by atoms with Crippen LogP contribution in [0.3, 0.4) is 0 Å². The summed E-state index contributed by atoms with van der Waals surface area (Å²) in [4.78, 5) is 21.5. The van der Waals surface area contributed by atoms with Gasteiger partial charge in [0.05, 0.1) is 23.7 Å². The minimum Gasteiger partial charge on any atom is -0.497 e. The van der Waals surface area contributed by atoms with Crippen molar-refractivity contribution in [2.45, 2.75) is 6.92 Å². The van der Waals surface area contributed by atoms with Gasteiger partial charge in [0.15, 0.2) is 0 Å². The highest BCUT2D eigenvalue weighted by atomic mass is 16.5. The van der Waals surface area contributed by atoms with Crippen LogP contribution in [0.2, 0.25) is 0 Å². The van der Waals surface area contributed by atoms with Crippen molar-refractivity contribution in [2.75, 3.05) is 7.11 Å². The molecule has 0 fully saturated rings. The molecule has 5 nitrogen and oxygen atoms in total. The lowest BCUT2D eigenvalue weighted by Gasteiger charge is -2.13. The summed E-state index contributed by atoms with van der Waals surface area (Å²) in [5.41, 5.74) is 4.44. The van der Waals surface area contributed by atoms with Gasteiger partial charge in [-0.15, -0.1) is 0 Å². The van der Waals surface area contributed by atoms with Crippen LogP contribution in [0.4, 0.5) is 0 Å². The Bertz CT molecular complexity index is 1510. The lowest BCUT2D eigenvalue weighted by molar-refractivity contribution is 0.415. The number of aryl methyl sites for hydroxylation is 1. The molecule has 0 atom stereocenters. The minimum absolute atomic E-state index is 0.0832. The van der Waals surface area contributed by atoms with Gasteiger partial charge < -0.3 is 9.72 Å². The Kier molecular flexibility index (Phi) is 4.64. The van der Waals surface area contributed by atoms with Crippen LogP contribution in [0.5, 0.6) is 5.75 Å². The summed E-state index contributed by atoms with van der Waals surface area (Å²) in [6.45, 7) is 2.00. The quantitative estimate of drug-likeness (QED) is 0.437. The topological polar surface area (TPSA) is 59.9 Å². The third-order valence-electron chi connectivity index (χ3n) is 5.49. The van der Waals surface area contributed by atoms with Gasteiger partial charge in [-0.3, -0.25) is 9.36 Å². The molecule has 0 aliphatic carbocycles. The van der Waals surface area contributed by atoms with Crippen LogP contribution >= 0.6 is 0 Å². The monoisotopic (exact) mass is 407 g/mol. The van der Waals surface area contributed by atoms with Gasteiger partial charge in [-0.1, -0.05) is 30.3 Å². The summed E-state index contributed by atoms with van der Waals surface area (Å²) in [5, 5.41) is 1.64. The molecule has 5 heteroatoms. The van der Waals surface area contributed by atoms with E-state index >= 15 is 0 Å². The molecule has 0 amide bonds. The van der Waals surface area contributed by atoms with Crippen LogP contribution in [0.25, 0.3) is 39.6 Å². The fourth-order valence-electron chi connectivity index (χ4n) is 3.86. The second kappa shape index (κ2) is 7.61. The van der Waals surface area contributed by atoms with Gasteiger partial charge in [0, 0.05) is 22.7 Å². The number of nitrogens with one attached hydrogen (secondary N) is 1. The Morgan fingerprint density at radius 3 is 2.61 bits per heavy atom. The van der Waals surface area contributed by atoms with E-state index in [1.54, 1.807) is 11.7 Å². The maximum absolute atomic E-state index is 13.4. The molecule has 5 aromatic rings. The van der Waals surface area contributed by atoms with Crippen LogP contribution in [-0.4, -0.2) is 21.6 Å². The SMILES string of the molecule is COc1ccc2[nH]cc(C=Cc3nc4ccccc4c(=O)n3-c3ccccc3C)c2c1. The van der Waals surface area contributed by atoms with Crippen LogP contribution in [0, 0.1) is 6.92 Å². The van der Waals surface area contributed by atoms with Crippen LogP contribution in [0.1, 0.15) is 17.0 Å². The Morgan fingerprint density at radius 1 is 0.968 bits per heavy atom. The van der Waals surface area contributed by atoms with E-state index < -0.39 is 0 Å². The number of benzene rings is 3. The smallest absolute Gasteiger partial charge is 0.266 e. The summed E-state index contributed by atoms with van der Waals surface area (Å²) in [5.74, 6) is 1.37. The molecule has 2 heterocycles. The standard InChI is InChI=1S/C26H21N3O2/c1-17-7-3-6-10-24(17)29-25(28-23-9-5-4-8-20(23)26(29)30)14-11-18-16-27-22-13-12-19(31-2)15-21(18)22/h3-16,27H,1-2H3. The summed E-state index contributed by atoms with van der Waals surface area (Å²) >= 11 is 0. The zero-order chi connectivity index (χ0) is 21.4. The van der Waals surface area contributed by atoms with Crippen molar-refractivity contribution in [1.82, 2.24) is 14.5 Å². The summed E-state index contributed by atoms with van der Waals surface area (Å²) in [6.07, 6.45) is 5.81. The molecule has 1 N–H and O–H groups in total. The van der Waals surface area contributed by atoms with E-state index in [1.807, 2.05) is 92.0 Å². The molecular formula is C26H21N3O2. The average molecular weight is 407 g/mol. The van der Waals surface area contributed by atoms with E-state index in [1.165, 1.54) is 0 Å². The third kappa shape index (κ3) is 3.30. The van der Waals surface area contributed by atoms with E-state index in [0.29, 0.717) is 16.7 Å². The molecule has 0 saturated carbocycles. The zero-order valence-electron chi connectivity index (χ0n) is 17.3. The Labute approximate surface area is 179 Å². The molecule has 152 valence electrons. The minimum atomic E-state index is -0.0832. The van der Waals surface area contributed by atoms with Gasteiger partial charge in [0.1, 0.15) is 11.6 Å². The van der Waals surface area contributed by atoms with Crippen molar-refractivity contribution < 1.29 is 4.74 Å². The van der Waals surface area contributed by atoms with E-state index in [4.69, 9.17) is 9.72 Å². The van der Waals surface area contributed by atoms with Gasteiger partial charge in [-0.2, -0.15) is 0 Å². The second-order valence-electron chi connectivity index (χ2n) is 7.40. The summed E-state index contributed by atoms with van der Waals surface area (Å²) in [6, 6.07) is 21.2. The Hall–Kier alpha value is -4.12. The van der Waals surface area contributed by atoms with Gasteiger partial charge in [0.2, 0.25) is 0 Å². The molecule has 0 aliphatic heterocycles. The first-order valence-corrected chi connectivity index (χ1v) is 10.1. The normalized spacial score (nSPS) is 11.5. The molecule has 0 unspecified atom stereocenters. The Balaban J connectivity index is 1.72. The number of hydrogen-bond donors (Lipinski definition) is 1. The highest BCUT2D eigenvalue weighted by Crippen LogP contribution is 2.25. The first-order chi connectivity index (χ1) is 15.2. The Morgan fingerprint density at radius 2 is 1.77 bits per heavy atom. The molecule has 3 aromatic carbocycles. The van der Waals surface area contributed by atoms with Crippen molar-refractivity contribution in [3.05, 3.63) is 100 Å². The van der Waals surface area contributed by atoms with E-state index in [0.717, 1.165) is 33.5 Å². The molecule has 0 bridgehead atoms. The first-order valence-electron chi connectivity index (χ1n) is 10.1. The fourth-order valence-corrected chi connectivity index (χ4v) is 3.86. The second-order valence-corrected chi connectivity index (χ2v) is 7.40. The summed E-state index contributed by atoms with van der Waals surface area (Å²) in [7, 11) is 1.66. The van der Waals surface area contributed by atoms with E-state index in [9.17, 15) is 4.79 Å². The molecule has 31 heavy (non-hydrogen) atoms. The molecular weight excluding hydrogens is 386 g/mol. The number of rotatable bonds is 4. The lowest BCUT2D eigenvalue weighted by atomic mass is 10.1. The summed E-state index contributed by atoms with van der Waals surface area (Å²) < 4.78 is 7.05. The van der Waals surface area contributed by atoms with Crippen molar-refractivity contribution in [1.29, 1.82) is 0 Å². The van der Waals surface area contributed by atoms with Crippen LogP contribution < -0.4 is 10.3 Å². The molecule has 0 spiro atoms. The van der Waals surface area contributed by atoms with Crippen molar-refractivity contribution in [3.8, 4) is 11.4 Å². The average Bonchev–Trinajstić information content (AvgIpc) is 3.20. The van der Waals surface area contributed by atoms with Crippen LogP contribution in [-0.2, 0) is 0 Å². The van der Waals surface area contributed by atoms with Gasteiger partial charge in [0.25, 0.3) is 5.56 Å². The number of nitrogens with zero attached hydrogens (tertiary/aromatic N) is 2. The van der Waals surface area contributed by atoms with Crippen molar-refractivity contribution in [2.24, 2.45) is 0 Å². The maximum Gasteiger partial charge on any atom is 0.266 e. The number of hydrogen-bond acceptors (Lipinski definition) is 3. The lowest BCUT2D eigenvalue weighted by Crippen LogP contribution is -2.23. The maximum atomic E-state index is 13.4. The highest BCUT2D eigenvalue weighted by Gasteiger charge is 2.12. The predicted molar refractivity (Wildman–Crippen MR) is 126 cm³/mol. The van der Waals surface area contributed by atoms with E-state index in [2.05, 4.69) is 4.98 Å². The number of para-hydroxylation sites is 2. The highest BCUT2D eigenvalue weighted by molar-refractivity contribution is 5.92. The molecule has 0 radical (unpaired) electrons. The van der Waals surface area contributed by atoms with Crippen molar-refractivity contribution in [3.63, 3.8) is 0 Å². The molecule has 0 aliphatic rings. The molecule has 0 saturated heterocycles. The number of aromatic nitrogens is 3. The molecule has 2 aromatic heterocycles. The number of fused-ring (bicyclic) bond motifs is 2. The van der Waals surface area contributed by atoms with Gasteiger partial charge in [-0.05, 0) is 61.0 Å². The molecule has 5 rings (SSSR count). The van der Waals surface area contributed by atoms with Crippen molar-refractivity contribution >= 4 is 34.0 Å². The van der Waals surface area contributed by atoms with Gasteiger partial charge in [-0.25, -0.2) is 4.98 Å². The number of H-pyrrole nitrogens is 1. The number of methoxy groups -OCH3 is 1. The van der Waals surface area contributed by atoms with E-state index in [-0.39, 0.29) is 5.56 Å².